The number of Topliss-reactive ketones (excluding diaryl/α,β-unsaturated/α-hetero) is 1. The molecule has 2 aliphatic carbocycles. The van der Waals surface area contributed by atoms with E-state index in [1.54, 1.807) is 0 Å². The van der Waals surface area contributed by atoms with Gasteiger partial charge in [-0.05, 0) is 41.5 Å². The molecule has 1 fully saturated rings. The van der Waals surface area contributed by atoms with Gasteiger partial charge >= 0.3 is 0 Å². The van der Waals surface area contributed by atoms with Crippen molar-refractivity contribution in [3.63, 3.8) is 0 Å². The highest BCUT2D eigenvalue weighted by molar-refractivity contribution is 5.83. The summed E-state index contributed by atoms with van der Waals surface area (Å²) in [7, 11) is 0. The van der Waals surface area contributed by atoms with Gasteiger partial charge in [0.05, 0.1) is 39.1 Å². The number of carbonyl (C=O) groups is 1. The van der Waals surface area contributed by atoms with E-state index in [4.69, 9.17) is 14.2 Å². The van der Waals surface area contributed by atoms with Crippen LogP contribution in [-0.4, -0.2) is 25.1 Å². The Bertz CT molecular complexity index is 1110. The zero-order chi connectivity index (χ0) is 25.3. The number of allylic oxidation sites excluding steroid dienone is 1. The molecule has 192 valence electrons. The fraction of sp³-hybridized carbons (Fsp3) is 0.364. The van der Waals surface area contributed by atoms with Crippen molar-refractivity contribution in [2.24, 2.45) is 11.3 Å². The van der Waals surface area contributed by atoms with Gasteiger partial charge in [-0.15, -0.1) is 0 Å². The summed E-state index contributed by atoms with van der Waals surface area (Å²) < 4.78 is 19.3. The van der Waals surface area contributed by atoms with Crippen molar-refractivity contribution in [2.45, 2.75) is 51.6 Å². The van der Waals surface area contributed by atoms with Gasteiger partial charge in [-0.1, -0.05) is 97.1 Å². The first-order valence-electron chi connectivity index (χ1n) is 13.4. The number of fused-ring (bicyclic) bond motifs is 2. The lowest BCUT2D eigenvalue weighted by Crippen LogP contribution is -2.42. The van der Waals surface area contributed by atoms with Crippen molar-refractivity contribution in [3.8, 4) is 0 Å². The first-order valence-corrected chi connectivity index (χ1v) is 13.4. The summed E-state index contributed by atoms with van der Waals surface area (Å²) in [4.78, 5) is 13.3. The first-order chi connectivity index (χ1) is 18.2. The molecule has 2 aliphatic rings. The molecular weight excluding hydrogens is 460 g/mol. The smallest absolute Gasteiger partial charge is 0.138 e. The van der Waals surface area contributed by atoms with Crippen LogP contribution >= 0.6 is 0 Å². The lowest BCUT2D eigenvalue weighted by molar-refractivity contribution is -0.127. The summed E-state index contributed by atoms with van der Waals surface area (Å²) in [5.41, 5.74) is 4.17. The molecule has 0 heterocycles. The highest BCUT2D eigenvalue weighted by atomic mass is 16.5. The van der Waals surface area contributed by atoms with Crippen LogP contribution in [0, 0.1) is 11.3 Å². The third-order valence-electron chi connectivity index (χ3n) is 7.64. The van der Waals surface area contributed by atoms with Crippen LogP contribution < -0.4 is 0 Å². The van der Waals surface area contributed by atoms with Gasteiger partial charge < -0.3 is 14.2 Å². The Morgan fingerprint density at radius 1 is 0.703 bits per heavy atom. The van der Waals surface area contributed by atoms with Crippen molar-refractivity contribution >= 4 is 5.78 Å². The minimum Gasteiger partial charge on any atom is -0.376 e. The molecule has 1 saturated carbocycles. The van der Waals surface area contributed by atoms with E-state index in [0.29, 0.717) is 51.7 Å². The van der Waals surface area contributed by atoms with Crippen LogP contribution in [0.1, 0.15) is 42.4 Å². The molecule has 37 heavy (non-hydrogen) atoms. The number of ether oxygens (including phenoxy) is 3. The molecule has 0 amide bonds. The summed E-state index contributed by atoms with van der Waals surface area (Å²) >= 11 is 0. The summed E-state index contributed by atoms with van der Waals surface area (Å²) in [6, 6.07) is 30.7. The molecule has 4 heteroatoms. The van der Waals surface area contributed by atoms with Gasteiger partial charge in [0.15, 0.2) is 0 Å². The first kappa shape index (κ1) is 25.6. The highest BCUT2D eigenvalue weighted by Crippen LogP contribution is 2.46. The Morgan fingerprint density at radius 2 is 1.22 bits per heavy atom. The molecule has 0 aliphatic heterocycles. The molecule has 3 aromatic rings. The molecule has 5 rings (SSSR count). The SMILES string of the molecule is O=C1CCC(COCc2ccccc2)(COCc2ccccc2)C2=CCC[C@@H]1[C@@H]2OCc1ccccc1. The standard InChI is InChI=1S/C33H36O4/c34-31-19-20-33(24-35-21-26-11-4-1-5-12-26,25-36-22-27-13-6-2-7-14-27)30-18-10-17-29(31)32(30)37-23-28-15-8-3-9-16-28/h1-9,11-16,18,29,32H,10,17,19-25H2/t29-,32-/m0/s1. The van der Waals surface area contributed by atoms with Gasteiger partial charge in [0.1, 0.15) is 5.78 Å². The topological polar surface area (TPSA) is 44.8 Å². The van der Waals surface area contributed by atoms with E-state index in [1.165, 1.54) is 5.57 Å². The van der Waals surface area contributed by atoms with Gasteiger partial charge in [-0.25, -0.2) is 0 Å². The van der Waals surface area contributed by atoms with E-state index in [0.717, 1.165) is 29.5 Å². The number of rotatable bonds is 11. The fourth-order valence-electron chi connectivity index (χ4n) is 5.64. The lowest BCUT2D eigenvalue weighted by atomic mass is 9.72. The molecule has 2 atom stereocenters. The predicted molar refractivity (Wildman–Crippen MR) is 145 cm³/mol. The number of ketones is 1. The maximum atomic E-state index is 13.3. The minimum atomic E-state index is -0.407. The van der Waals surface area contributed by atoms with Crippen LogP contribution in [0.15, 0.2) is 103 Å². The van der Waals surface area contributed by atoms with Crippen molar-refractivity contribution in [1.82, 2.24) is 0 Å². The Labute approximate surface area is 220 Å². The number of benzene rings is 3. The summed E-state index contributed by atoms with van der Waals surface area (Å²) in [5, 5.41) is 0. The summed E-state index contributed by atoms with van der Waals surface area (Å²) in [6.45, 7) is 2.53. The Hall–Kier alpha value is -3.05. The van der Waals surface area contributed by atoms with Gasteiger partial charge in [0, 0.05) is 17.8 Å². The van der Waals surface area contributed by atoms with Gasteiger partial charge in [-0.2, -0.15) is 0 Å². The van der Waals surface area contributed by atoms with Crippen molar-refractivity contribution in [1.29, 1.82) is 0 Å². The number of hydrogen-bond acceptors (Lipinski definition) is 4. The van der Waals surface area contributed by atoms with Crippen molar-refractivity contribution in [2.75, 3.05) is 13.2 Å². The second-order valence-electron chi connectivity index (χ2n) is 10.3. The summed E-state index contributed by atoms with van der Waals surface area (Å²) in [6.07, 6.45) is 5.02. The maximum absolute atomic E-state index is 13.3. The molecule has 4 nitrogen and oxygen atoms in total. The molecule has 0 aromatic heterocycles. The monoisotopic (exact) mass is 496 g/mol. The largest absolute Gasteiger partial charge is 0.376 e. The zero-order valence-electron chi connectivity index (χ0n) is 21.4. The van der Waals surface area contributed by atoms with E-state index in [1.807, 2.05) is 54.6 Å². The molecule has 0 N–H and O–H groups in total. The number of carbonyl (C=O) groups excluding carboxylic acids is 1. The average molecular weight is 497 g/mol. The predicted octanol–water partition coefficient (Wildman–Crippen LogP) is 6.69. The molecule has 0 spiro atoms. The summed E-state index contributed by atoms with van der Waals surface area (Å²) in [5.74, 6) is 0.200. The second kappa shape index (κ2) is 12.5. The minimum absolute atomic E-state index is 0.103. The van der Waals surface area contributed by atoms with Crippen LogP contribution in [0.25, 0.3) is 0 Å². The van der Waals surface area contributed by atoms with Crippen LogP contribution in [0.5, 0.6) is 0 Å². The van der Waals surface area contributed by atoms with E-state index < -0.39 is 5.41 Å². The molecular formula is C33H36O4. The molecule has 0 unspecified atom stereocenters. The van der Waals surface area contributed by atoms with E-state index in [2.05, 4.69) is 42.5 Å². The van der Waals surface area contributed by atoms with Crippen LogP contribution in [-0.2, 0) is 38.8 Å². The molecule has 0 saturated heterocycles. The van der Waals surface area contributed by atoms with E-state index >= 15 is 0 Å². The Kier molecular flexibility index (Phi) is 8.62. The molecule has 2 bridgehead atoms. The van der Waals surface area contributed by atoms with Gasteiger partial charge in [0.25, 0.3) is 0 Å². The van der Waals surface area contributed by atoms with E-state index in [-0.39, 0.29) is 12.0 Å². The van der Waals surface area contributed by atoms with Crippen LogP contribution in [0.3, 0.4) is 0 Å². The number of hydrogen-bond donors (Lipinski definition) is 0. The Morgan fingerprint density at radius 3 is 1.76 bits per heavy atom. The molecule has 0 radical (unpaired) electrons. The average Bonchev–Trinajstić information content (AvgIpc) is 3.00. The normalized spacial score (nSPS) is 20.8. The fourth-order valence-corrected chi connectivity index (χ4v) is 5.64. The lowest BCUT2D eigenvalue weighted by Gasteiger charge is -2.40. The zero-order valence-corrected chi connectivity index (χ0v) is 21.4. The molecule has 3 aromatic carbocycles. The quantitative estimate of drug-likeness (QED) is 0.277. The van der Waals surface area contributed by atoms with Crippen LogP contribution in [0.2, 0.25) is 0 Å². The van der Waals surface area contributed by atoms with Gasteiger partial charge in [-0.3, -0.25) is 4.79 Å². The Balaban J connectivity index is 1.39. The third-order valence-corrected chi connectivity index (χ3v) is 7.64. The maximum Gasteiger partial charge on any atom is 0.138 e. The third kappa shape index (κ3) is 6.45. The van der Waals surface area contributed by atoms with E-state index in [9.17, 15) is 4.79 Å². The van der Waals surface area contributed by atoms with Crippen molar-refractivity contribution < 1.29 is 19.0 Å². The van der Waals surface area contributed by atoms with Crippen LogP contribution in [0.4, 0.5) is 0 Å². The second-order valence-corrected chi connectivity index (χ2v) is 10.3. The highest BCUT2D eigenvalue weighted by Gasteiger charge is 2.48. The van der Waals surface area contributed by atoms with Gasteiger partial charge in [0.2, 0.25) is 0 Å². The van der Waals surface area contributed by atoms with Crippen molar-refractivity contribution in [3.05, 3.63) is 119 Å².